The first-order chi connectivity index (χ1) is 6.18. The first kappa shape index (κ1) is 7.98. The van der Waals surface area contributed by atoms with Gasteiger partial charge in [0.1, 0.15) is 0 Å². The summed E-state index contributed by atoms with van der Waals surface area (Å²) < 4.78 is 0. The maximum atomic E-state index is 11.2. The molecule has 3 nitrogen and oxygen atoms in total. The number of carbonyl (C=O) groups excluding carboxylic acids is 2. The summed E-state index contributed by atoms with van der Waals surface area (Å²) in [5, 5.41) is 2.69. The van der Waals surface area contributed by atoms with Gasteiger partial charge in [0.25, 0.3) is 0 Å². The van der Waals surface area contributed by atoms with Gasteiger partial charge in [-0.05, 0) is 18.6 Å². The van der Waals surface area contributed by atoms with Gasteiger partial charge in [-0.2, -0.15) is 0 Å². The van der Waals surface area contributed by atoms with E-state index in [9.17, 15) is 9.59 Å². The Kier molecular flexibility index (Phi) is 1.65. The van der Waals surface area contributed by atoms with Crippen LogP contribution in [0.1, 0.15) is 22.8 Å². The predicted molar refractivity (Wildman–Crippen MR) is 48.8 cm³/mol. The topological polar surface area (TPSA) is 46.2 Å². The lowest BCUT2D eigenvalue weighted by Crippen LogP contribution is -2.06. The summed E-state index contributed by atoms with van der Waals surface area (Å²) in [5.41, 5.74) is 2.21. The molecule has 1 aliphatic heterocycles. The molecule has 0 radical (unpaired) electrons. The number of amides is 1. The lowest BCUT2D eigenvalue weighted by Gasteiger charge is -2.03. The molecule has 0 aromatic heterocycles. The fourth-order valence-corrected chi connectivity index (χ4v) is 1.55. The van der Waals surface area contributed by atoms with Crippen molar-refractivity contribution in [3.05, 3.63) is 29.3 Å². The highest BCUT2D eigenvalue weighted by atomic mass is 16.2. The highest BCUT2D eigenvalue weighted by Crippen LogP contribution is 2.27. The maximum absolute atomic E-state index is 11.2. The van der Waals surface area contributed by atoms with Crippen LogP contribution in [0, 0.1) is 0 Å². The van der Waals surface area contributed by atoms with Gasteiger partial charge in [-0.25, -0.2) is 0 Å². The fraction of sp³-hybridized carbons (Fsp3) is 0.200. The molecule has 0 saturated carbocycles. The van der Waals surface area contributed by atoms with Crippen molar-refractivity contribution in [1.82, 2.24) is 0 Å². The molecule has 0 unspecified atom stereocenters. The van der Waals surface area contributed by atoms with Crippen molar-refractivity contribution < 1.29 is 9.59 Å². The smallest absolute Gasteiger partial charge is 0.228 e. The second-order valence-corrected chi connectivity index (χ2v) is 3.12. The van der Waals surface area contributed by atoms with E-state index in [0.29, 0.717) is 17.7 Å². The summed E-state index contributed by atoms with van der Waals surface area (Å²) in [6.45, 7) is 1.50. The molecule has 0 atom stereocenters. The molecule has 66 valence electrons. The Balaban J connectivity index is 2.57. The number of hydrogen-bond acceptors (Lipinski definition) is 2. The van der Waals surface area contributed by atoms with Crippen LogP contribution in [0.4, 0.5) is 5.69 Å². The number of benzene rings is 1. The maximum Gasteiger partial charge on any atom is 0.228 e. The Morgan fingerprint density at radius 3 is 2.92 bits per heavy atom. The summed E-state index contributed by atoms with van der Waals surface area (Å²) in [7, 11) is 0. The number of ketones is 1. The zero-order valence-electron chi connectivity index (χ0n) is 7.26. The Morgan fingerprint density at radius 1 is 1.46 bits per heavy atom. The molecule has 0 bridgehead atoms. The molecule has 2 rings (SSSR count). The number of nitrogens with one attached hydrogen (secondary N) is 1. The van der Waals surface area contributed by atoms with Crippen molar-refractivity contribution in [3.63, 3.8) is 0 Å². The quantitative estimate of drug-likeness (QED) is 0.655. The van der Waals surface area contributed by atoms with Crippen LogP contribution >= 0.6 is 0 Å². The van der Waals surface area contributed by atoms with E-state index >= 15 is 0 Å². The SMILES string of the molecule is CC(=O)c1cccc2c1NC(=O)C2. The largest absolute Gasteiger partial charge is 0.325 e. The fourth-order valence-electron chi connectivity index (χ4n) is 1.55. The van der Waals surface area contributed by atoms with Crippen molar-refractivity contribution in [2.24, 2.45) is 0 Å². The second kappa shape index (κ2) is 2.69. The Bertz CT molecular complexity index is 396. The number of hydrogen-bond donors (Lipinski definition) is 1. The van der Waals surface area contributed by atoms with Crippen LogP contribution < -0.4 is 5.32 Å². The molecule has 1 aliphatic rings. The van der Waals surface area contributed by atoms with E-state index < -0.39 is 0 Å². The average molecular weight is 175 g/mol. The summed E-state index contributed by atoms with van der Waals surface area (Å²) in [4.78, 5) is 22.2. The molecule has 0 saturated heterocycles. The van der Waals surface area contributed by atoms with Crippen LogP contribution in [-0.2, 0) is 11.2 Å². The van der Waals surface area contributed by atoms with Crippen molar-refractivity contribution >= 4 is 17.4 Å². The summed E-state index contributed by atoms with van der Waals surface area (Å²) in [6.07, 6.45) is 0.385. The number of carbonyl (C=O) groups is 2. The van der Waals surface area contributed by atoms with Crippen molar-refractivity contribution in [2.45, 2.75) is 13.3 Å². The summed E-state index contributed by atoms with van der Waals surface area (Å²) in [5.74, 6) is -0.0530. The number of fused-ring (bicyclic) bond motifs is 1. The lowest BCUT2D eigenvalue weighted by molar-refractivity contribution is -0.115. The van der Waals surface area contributed by atoms with Crippen LogP contribution in [0.3, 0.4) is 0 Å². The van der Waals surface area contributed by atoms with Crippen molar-refractivity contribution in [3.8, 4) is 0 Å². The van der Waals surface area contributed by atoms with Crippen molar-refractivity contribution in [2.75, 3.05) is 5.32 Å². The number of para-hydroxylation sites is 1. The highest BCUT2D eigenvalue weighted by molar-refractivity contribution is 6.08. The standard InChI is InChI=1S/C10H9NO2/c1-6(12)8-4-2-3-7-5-9(13)11-10(7)8/h2-4H,5H2,1H3,(H,11,13). The summed E-state index contributed by atoms with van der Waals surface area (Å²) >= 11 is 0. The Labute approximate surface area is 75.8 Å². The molecule has 0 fully saturated rings. The first-order valence-electron chi connectivity index (χ1n) is 4.11. The lowest BCUT2D eigenvalue weighted by atomic mass is 10.1. The van der Waals surface area contributed by atoms with E-state index in [1.54, 1.807) is 12.1 Å². The van der Waals surface area contributed by atoms with Gasteiger partial charge in [-0.1, -0.05) is 12.1 Å². The van der Waals surface area contributed by atoms with E-state index in [-0.39, 0.29) is 11.7 Å². The number of Topliss-reactive ketones (excluding diaryl/α,β-unsaturated/α-hetero) is 1. The molecule has 1 aromatic rings. The van der Waals surface area contributed by atoms with E-state index in [4.69, 9.17) is 0 Å². The van der Waals surface area contributed by atoms with Crippen LogP contribution in [-0.4, -0.2) is 11.7 Å². The van der Waals surface area contributed by atoms with Crippen LogP contribution in [0.5, 0.6) is 0 Å². The van der Waals surface area contributed by atoms with Crippen LogP contribution in [0.25, 0.3) is 0 Å². The average Bonchev–Trinajstić information content (AvgIpc) is 2.43. The highest BCUT2D eigenvalue weighted by Gasteiger charge is 2.21. The third-order valence-electron chi connectivity index (χ3n) is 2.15. The first-order valence-corrected chi connectivity index (χ1v) is 4.11. The van der Waals surface area contributed by atoms with Gasteiger partial charge < -0.3 is 5.32 Å². The van der Waals surface area contributed by atoms with Gasteiger partial charge in [-0.15, -0.1) is 0 Å². The molecular weight excluding hydrogens is 166 g/mol. The Morgan fingerprint density at radius 2 is 2.23 bits per heavy atom. The number of rotatable bonds is 1. The molecule has 3 heteroatoms. The van der Waals surface area contributed by atoms with E-state index in [0.717, 1.165) is 5.56 Å². The minimum Gasteiger partial charge on any atom is -0.325 e. The zero-order chi connectivity index (χ0) is 9.42. The van der Waals surface area contributed by atoms with E-state index in [1.807, 2.05) is 6.07 Å². The second-order valence-electron chi connectivity index (χ2n) is 3.12. The van der Waals surface area contributed by atoms with Crippen LogP contribution in [0.2, 0.25) is 0 Å². The molecule has 13 heavy (non-hydrogen) atoms. The van der Waals surface area contributed by atoms with Gasteiger partial charge >= 0.3 is 0 Å². The third-order valence-corrected chi connectivity index (χ3v) is 2.15. The van der Waals surface area contributed by atoms with E-state index in [2.05, 4.69) is 5.32 Å². The van der Waals surface area contributed by atoms with Gasteiger partial charge in [0, 0.05) is 5.56 Å². The molecule has 1 N–H and O–H groups in total. The minimum absolute atomic E-state index is 0.0148. The van der Waals surface area contributed by atoms with Crippen molar-refractivity contribution in [1.29, 1.82) is 0 Å². The minimum atomic E-state index is -0.0382. The molecule has 1 aromatic carbocycles. The normalized spacial score (nSPS) is 13.8. The molecule has 1 amide bonds. The van der Waals surface area contributed by atoms with Gasteiger partial charge in [0.2, 0.25) is 5.91 Å². The number of anilines is 1. The Hall–Kier alpha value is -1.64. The van der Waals surface area contributed by atoms with Gasteiger partial charge in [0.05, 0.1) is 12.1 Å². The molecule has 0 spiro atoms. The zero-order valence-corrected chi connectivity index (χ0v) is 7.26. The van der Waals surface area contributed by atoms with Gasteiger partial charge in [-0.3, -0.25) is 9.59 Å². The predicted octanol–water partition coefficient (Wildman–Crippen LogP) is 1.38. The van der Waals surface area contributed by atoms with Gasteiger partial charge in [0.15, 0.2) is 5.78 Å². The molecule has 1 heterocycles. The monoisotopic (exact) mass is 175 g/mol. The van der Waals surface area contributed by atoms with E-state index in [1.165, 1.54) is 6.92 Å². The molecular formula is C10H9NO2. The van der Waals surface area contributed by atoms with Crippen LogP contribution in [0.15, 0.2) is 18.2 Å². The molecule has 0 aliphatic carbocycles. The third kappa shape index (κ3) is 1.22. The summed E-state index contributed by atoms with van der Waals surface area (Å²) in [6, 6.07) is 5.39.